The number of hydrogen-bond acceptors (Lipinski definition) is 3. The van der Waals surface area contributed by atoms with Crippen LogP contribution in [0.1, 0.15) is 39.3 Å². The normalized spacial score (nSPS) is 13.2. The second-order valence-corrected chi connectivity index (χ2v) is 4.99. The molecule has 0 aliphatic carbocycles. The molecule has 0 heterocycles. The fourth-order valence-electron chi connectivity index (χ4n) is 1.58. The first kappa shape index (κ1) is 13.7. The number of carbonyl (C=O) groups excluding carboxylic acids is 1. The highest BCUT2D eigenvalue weighted by atomic mass is 16.5. The minimum Gasteiger partial charge on any atom is -0.465 e. The van der Waals surface area contributed by atoms with Gasteiger partial charge in [-0.1, -0.05) is 30.3 Å². The molecule has 1 rings (SSSR count). The highest BCUT2D eigenvalue weighted by Crippen LogP contribution is 2.18. The number of esters is 1. The number of benzene rings is 1. The number of carbonyl (C=O) groups is 1. The summed E-state index contributed by atoms with van der Waals surface area (Å²) >= 11 is 0. The minimum atomic E-state index is -0.406. The second kappa shape index (κ2) is 5.82. The Morgan fingerprint density at radius 3 is 2.35 bits per heavy atom. The van der Waals surface area contributed by atoms with Gasteiger partial charge >= 0.3 is 5.97 Å². The zero-order valence-electron chi connectivity index (χ0n) is 11.0. The summed E-state index contributed by atoms with van der Waals surface area (Å²) in [6.07, 6.45) is 0. The average molecular weight is 235 g/mol. The Bertz CT molecular complexity index is 354. The van der Waals surface area contributed by atoms with Crippen LogP contribution < -0.4 is 5.32 Å². The third kappa shape index (κ3) is 4.57. The molecule has 1 aromatic carbocycles. The average Bonchev–Trinajstić information content (AvgIpc) is 2.26. The van der Waals surface area contributed by atoms with Gasteiger partial charge in [0.15, 0.2) is 0 Å². The molecule has 17 heavy (non-hydrogen) atoms. The summed E-state index contributed by atoms with van der Waals surface area (Å²) in [5, 5.41) is 3.28. The van der Waals surface area contributed by atoms with Crippen molar-refractivity contribution in [2.45, 2.75) is 39.3 Å². The fraction of sp³-hybridized carbons (Fsp3) is 0.500. The van der Waals surface area contributed by atoms with Gasteiger partial charge < -0.3 is 4.74 Å². The molecule has 94 valence electrons. The molecule has 0 spiro atoms. The first-order chi connectivity index (χ1) is 7.94. The van der Waals surface area contributed by atoms with Crippen molar-refractivity contribution < 1.29 is 9.53 Å². The van der Waals surface area contributed by atoms with Gasteiger partial charge in [-0.25, -0.2) is 4.79 Å². The summed E-state index contributed by atoms with van der Waals surface area (Å²) < 4.78 is 5.10. The smallest absolute Gasteiger partial charge is 0.327 e. The van der Waals surface area contributed by atoms with Crippen LogP contribution in [0.25, 0.3) is 0 Å². The summed E-state index contributed by atoms with van der Waals surface area (Å²) in [5.74, 6) is -0.228. The molecule has 0 saturated heterocycles. The van der Waals surface area contributed by atoms with Crippen molar-refractivity contribution >= 4 is 5.97 Å². The van der Waals surface area contributed by atoms with Crippen molar-refractivity contribution in [1.82, 2.24) is 5.32 Å². The van der Waals surface area contributed by atoms with E-state index in [2.05, 4.69) is 5.32 Å². The minimum absolute atomic E-state index is 0.146. The molecule has 1 atom stereocenters. The predicted octanol–water partition coefficient (Wildman–Crippen LogP) is 2.68. The standard InChI is InChI=1S/C14H21NO2/c1-5-17-13(16)12(15-14(2,3)4)11-9-7-6-8-10-11/h6-10,12,15H,5H2,1-4H3. The number of rotatable bonds is 4. The lowest BCUT2D eigenvalue weighted by Gasteiger charge is -2.27. The molecule has 0 fully saturated rings. The van der Waals surface area contributed by atoms with Gasteiger partial charge in [0, 0.05) is 5.54 Å². The molecule has 0 saturated carbocycles. The molecular formula is C14H21NO2. The zero-order chi connectivity index (χ0) is 12.9. The fourth-order valence-corrected chi connectivity index (χ4v) is 1.58. The van der Waals surface area contributed by atoms with E-state index < -0.39 is 6.04 Å². The summed E-state index contributed by atoms with van der Waals surface area (Å²) in [7, 11) is 0. The Kier molecular flexibility index (Phi) is 4.70. The SMILES string of the molecule is CCOC(=O)C(NC(C)(C)C)c1ccccc1. The Morgan fingerprint density at radius 1 is 1.29 bits per heavy atom. The lowest BCUT2D eigenvalue weighted by atomic mass is 10.0. The van der Waals surface area contributed by atoms with E-state index in [9.17, 15) is 4.79 Å². The highest BCUT2D eigenvalue weighted by Gasteiger charge is 2.26. The third-order valence-corrected chi connectivity index (χ3v) is 2.23. The van der Waals surface area contributed by atoms with Crippen LogP contribution in [0.2, 0.25) is 0 Å². The van der Waals surface area contributed by atoms with E-state index in [1.807, 2.05) is 58.0 Å². The molecule has 1 N–H and O–H groups in total. The third-order valence-electron chi connectivity index (χ3n) is 2.23. The Hall–Kier alpha value is -1.35. The lowest BCUT2D eigenvalue weighted by Crippen LogP contribution is -2.42. The van der Waals surface area contributed by atoms with Crippen LogP contribution >= 0.6 is 0 Å². The molecule has 1 aromatic rings. The van der Waals surface area contributed by atoms with Crippen LogP contribution in [0.4, 0.5) is 0 Å². The Labute approximate surface area is 103 Å². The van der Waals surface area contributed by atoms with Crippen molar-refractivity contribution in [3.05, 3.63) is 35.9 Å². The van der Waals surface area contributed by atoms with Gasteiger partial charge in [-0.05, 0) is 33.3 Å². The Balaban J connectivity index is 2.91. The highest BCUT2D eigenvalue weighted by molar-refractivity contribution is 5.77. The molecule has 1 unspecified atom stereocenters. The van der Waals surface area contributed by atoms with Gasteiger partial charge in [-0.3, -0.25) is 5.32 Å². The molecule has 3 heteroatoms. The van der Waals surface area contributed by atoms with Crippen LogP contribution in [0.3, 0.4) is 0 Å². The molecular weight excluding hydrogens is 214 g/mol. The van der Waals surface area contributed by atoms with Crippen molar-refractivity contribution in [3.8, 4) is 0 Å². The number of nitrogens with one attached hydrogen (secondary N) is 1. The summed E-state index contributed by atoms with van der Waals surface area (Å²) in [5.41, 5.74) is 0.786. The molecule has 0 amide bonds. The van der Waals surface area contributed by atoms with Crippen LogP contribution in [0, 0.1) is 0 Å². The van der Waals surface area contributed by atoms with E-state index in [0.717, 1.165) is 5.56 Å². The van der Waals surface area contributed by atoms with Gasteiger partial charge in [0.25, 0.3) is 0 Å². The maximum Gasteiger partial charge on any atom is 0.327 e. The van der Waals surface area contributed by atoms with Crippen LogP contribution in [0.15, 0.2) is 30.3 Å². The molecule has 3 nitrogen and oxygen atoms in total. The number of ether oxygens (including phenoxy) is 1. The molecule has 0 aliphatic heterocycles. The number of hydrogen-bond donors (Lipinski definition) is 1. The summed E-state index contributed by atoms with van der Waals surface area (Å²) in [6, 6.07) is 9.23. The van der Waals surface area contributed by atoms with Gasteiger partial charge in [0.05, 0.1) is 6.61 Å². The van der Waals surface area contributed by atoms with Gasteiger partial charge in [-0.15, -0.1) is 0 Å². The van der Waals surface area contributed by atoms with E-state index in [1.165, 1.54) is 0 Å². The maximum atomic E-state index is 11.9. The monoisotopic (exact) mass is 235 g/mol. The van der Waals surface area contributed by atoms with Gasteiger partial charge in [0.1, 0.15) is 6.04 Å². The van der Waals surface area contributed by atoms with Crippen molar-refractivity contribution in [3.63, 3.8) is 0 Å². The molecule has 0 aromatic heterocycles. The van der Waals surface area contributed by atoms with Crippen molar-refractivity contribution in [2.75, 3.05) is 6.61 Å². The van der Waals surface area contributed by atoms with Gasteiger partial charge in [-0.2, -0.15) is 0 Å². The molecule has 0 radical (unpaired) electrons. The van der Waals surface area contributed by atoms with E-state index in [1.54, 1.807) is 0 Å². The molecule has 0 bridgehead atoms. The van der Waals surface area contributed by atoms with E-state index in [4.69, 9.17) is 4.74 Å². The van der Waals surface area contributed by atoms with Crippen molar-refractivity contribution in [1.29, 1.82) is 0 Å². The van der Waals surface area contributed by atoms with E-state index in [-0.39, 0.29) is 11.5 Å². The summed E-state index contributed by atoms with van der Waals surface area (Å²) in [6.45, 7) is 8.30. The maximum absolute atomic E-state index is 11.9. The first-order valence-corrected chi connectivity index (χ1v) is 5.93. The van der Waals surface area contributed by atoms with Crippen LogP contribution in [-0.2, 0) is 9.53 Å². The predicted molar refractivity (Wildman–Crippen MR) is 68.7 cm³/mol. The van der Waals surface area contributed by atoms with Crippen molar-refractivity contribution in [2.24, 2.45) is 0 Å². The topological polar surface area (TPSA) is 38.3 Å². The largest absolute Gasteiger partial charge is 0.465 e. The lowest BCUT2D eigenvalue weighted by molar-refractivity contribution is -0.146. The second-order valence-electron chi connectivity index (χ2n) is 4.99. The zero-order valence-corrected chi connectivity index (χ0v) is 11.0. The van der Waals surface area contributed by atoms with Crippen LogP contribution in [0.5, 0.6) is 0 Å². The Morgan fingerprint density at radius 2 is 1.88 bits per heavy atom. The quantitative estimate of drug-likeness (QED) is 0.815. The first-order valence-electron chi connectivity index (χ1n) is 5.93. The summed E-state index contributed by atoms with van der Waals surface area (Å²) in [4.78, 5) is 11.9. The van der Waals surface area contributed by atoms with E-state index >= 15 is 0 Å². The molecule has 0 aliphatic rings. The van der Waals surface area contributed by atoms with E-state index in [0.29, 0.717) is 6.61 Å². The van der Waals surface area contributed by atoms with Gasteiger partial charge in [0.2, 0.25) is 0 Å². The van der Waals surface area contributed by atoms with Crippen LogP contribution in [-0.4, -0.2) is 18.1 Å².